The lowest BCUT2D eigenvalue weighted by Crippen LogP contribution is -2.45. The van der Waals surface area contributed by atoms with Gasteiger partial charge in [-0.3, -0.25) is 4.79 Å². The van der Waals surface area contributed by atoms with Crippen molar-refractivity contribution in [2.75, 3.05) is 13.1 Å². The Kier molecular flexibility index (Phi) is 3.83. The summed E-state index contributed by atoms with van der Waals surface area (Å²) in [7, 11) is 0. The zero-order chi connectivity index (χ0) is 10.7. The minimum Gasteiger partial charge on any atom is -0.393 e. The first kappa shape index (κ1) is 11.4. The first-order valence-corrected chi connectivity index (χ1v) is 5.19. The maximum absolute atomic E-state index is 11.7. The number of nitrogens with zero attached hydrogens (tertiary/aromatic N) is 1. The molecule has 1 unspecified atom stereocenters. The van der Waals surface area contributed by atoms with Gasteiger partial charge in [0.1, 0.15) is 0 Å². The summed E-state index contributed by atoms with van der Waals surface area (Å²) >= 11 is 4.77. The highest BCUT2D eigenvalue weighted by Crippen LogP contribution is 2.13. The third-order valence-electron chi connectivity index (χ3n) is 2.57. The summed E-state index contributed by atoms with van der Waals surface area (Å²) in [5.74, 6) is -0.412. The first-order chi connectivity index (χ1) is 6.52. The minimum atomic E-state index is -0.389. The van der Waals surface area contributed by atoms with Gasteiger partial charge < -0.3 is 15.7 Å². The molecule has 0 spiro atoms. The van der Waals surface area contributed by atoms with Gasteiger partial charge in [-0.2, -0.15) is 0 Å². The van der Waals surface area contributed by atoms with Crippen LogP contribution in [0.15, 0.2) is 0 Å². The average Bonchev–Trinajstić information content (AvgIpc) is 2.16. The molecule has 3 N–H and O–H groups in total. The number of piperidine rings is 1. The minimum absolute atomic E-state index is 0.0237. The van der Waals surface area contributed by atoms with E-state index >= 15 is 0 Å². The molecule has 80 valence electrons. The Bertz CT molecular complexity index is 237. The predicted octanol–water partition coefficient (Wildman–Crippen LogP) is -0.108. The van der Waals surface area contributed by atoms with E-state index in [1.165, 1.54) is 0 Å². The molecule has 1 saturated heterocycles. The lowest BCUT2D eigenvalue weighted by molar-refractivity contribution is -0.134. The summed E-state index contributed by atoms with van der Waals surface area (Å²) in [5.41, 5.74) is 5.41. The van der Waals surface area contributed by atoms with Crippen LogP contribution in [0.4, 0.5) is 0 Å². The van der Waals surface area contributed by atoms with Gasteiger partial charge in [0.05, 0.1) is 17.0 Å². The fraction of sp³-hybridized carbons (Fsp3) is 0.778. The molecule has 1 heterocycles. The number of thiocarbonyl (C=S) groups is 1. The van der Waals surface area contributed by atoms with Crippen LogP contribution < -0.4 is 5.73 Å². The van der Waals surface area contributed by atoms with Gasteiger partial charge in [-0.15, -0.1) is 0 Å². The van der Waals surface area contributed by atoms with Crippen LogP contribution in [0.25, 0.3) is 0 Å². The molecular weight excluding hydrogens is 200 g/mol. The standard InChI is InChI=1S/C9H16N2O2S/c1-6(8(10)14)9(13)11-4-2-7(12)3-5-11/h6-7,12H,2-5H2,1H3,(H2,10,14). The fourth-order valence-corrected chi connectivity index (χ4v) is 1.58. The van der Waals surface area contributed by atoms with Crippen molar-refractivity contribution in [2.45, 2.75) is 25.9 Å². The zero-order valence-corrected chi connectivity index (χ0v) is 9.09. The van der Waals surface area contributed by atoms with Crippen LogP contribution in [0, 0.1) is 5.92 Å². The summed E-state index contributed by atoms with van der Waals surface area (Å²) < 4.78 is 0. The molecule has 0 aromatic rings. The smallest absolute Gasteiger partial charge is 0.232 e. The second-order valence-corrected chi connectivity index (χ2v) is 4.15. The molecule has 0 aromatic heterocycles. The van der Waals surface area contributed by atoms with Gasteiger partial charge in [-0.25, -0.2) is 0 Å². The van der Waals surface area contributed by atoms with Crippen molar-refractivity contribution in [1.29, 1.82) is 0 Å². The summed E-state index contributed by atoms with van der Waals surface area (Å²) in [5, 5.41) is 9.27. The van der Waals surface area contributed by atoms with Gasteiger partial charge >= 0.3 is 0 Å². The van der Waals surface area contributed by atoms with Crippen LogP contribution in [0.1, 0.15) is 19.8 Å². The Balaban J connectivity index is 2.49. The quantitative estimate of drug-likeness (QED) is 0.632. The monoisotopic (exact) mass is 216 g/mol. The lowest BCUT2D eigenvalue weighted by atomic mass is 10.1. The van der Waals surface area contributed by atoms with Crippen LogP contribution in [0.3, 0.4) is 0 Å². The lowest BCUT2D eigenvalue weighted by Gasteiger charge is -2.31. The summed E-state index contributed by atoms with van der Waals surface area (Å²) in [6, 6.07) is 0. The second kappa shape index (κ2) is 4.70. The molecular formula is C9H16N2O2S. The molecule has 1 aliphatic heterocycles. The van der Waals surface area contributed by atoms with Crippen molar-refractivity contribution in [2.24, 2.45) is 11.7 Å². The van der Waals surface area contributed by atoms with E-state index in [1.54, 1.807) is 11.8 Å². The summed E-state index contributed by atoms with van der Waals surface area (Å²) in [6.07, 6.45) is 1.03. The number of likely N-dealkylation sites (tertiary alicyclic amines) is 1. The normalized spacial score (nSPS) is 20.6. The Hall–Kier alpha value is -0.680. The van der Waals surface area contributed by atoms with Crippen molar-refractivity contribution in [3.05, 3.63) is 0 Å². The van der Waals surface area contributed by atoms with E-state index < -0.39 is 0 Å². The van der Waals surface area contributed by atoms with Gasteiger partial charge in [0.25, 0.3) is 0 Å². The number of nitrogens with two attached hydrogens (primary N) is 1. The van der Waals surface area contributed by atoms with Gasteiger partial charge in [0, 0.05) is 13.1 Å². The van der Waals surface area contributed by atoms with Crippen molar-refractivity contribution in [3.8, 4) is 0 Å². The van der Waals surface area contributed by atoms with Crippen LogP contribution in [-0.4, -0.2) is 40.1 Å². The third-order valence-corrected chi connectivity index (χ3v) is 2.93. The summed E-state index contributed by atoms with van der Waals surface area (Å²) in [4.78, 5) is 13.7. The average molecular weight is 216 g/mol. The molecule has 0 bridgehead atoms. The van der Waals surface area contributed by atoms with E-state index in [4.69, 9.17) is 18.0 Å². The number of carbonyl (C=O) groups is 1. The molecule has 0 aliphatic carbocycles. The van der Waals surface area contributed by atoms with E-state index in [2.05, 4.69) is 0 Å². The highest BCUT2D eigenvalue weighted by Gasteiger charge is 2.26. The first-order valence-electron chi connectivity index (χ1n) is 4.78. The van der Waals surface area contributed by atoms with Crippen LogP contribution in [0.5, 0.6) is 0 Å². The van der Waals surface area contributed by atoms with Crippen molar-refractivity contribution in [3.63, 3.8) is 0 Å². The fourth-order valence-electron chi connectivity index (χ4n) is 1.48. The van der Waals surface area contributed by atoms with Gasteiger partial charge in [0.15, 0.2) is 0 Å². The molecule has 1 atom stereocenters. The molecule has 14 heavy (non-hydrogen) atoms. The van der Waals surface area contributed by atoms with Crippen LogP contribution in [0.2, 0.25) is 0 Å². The van der Waals surface area contributed by atoms with Gasteiger partial charge in [0.2, 0.25) is 5.91 Å². The van der Waals surface area contributed by atoms with Gasteiger partial charge in [-0.1, -0.05) is 12.2 Å². The molecule has 4 nitrogen and oxygen atoms in total. The van der Waals surface area contributed by atoms with E-state index in [0.717, 1.165) is 0 Å². The Morgan fingerprint density at radius 1 is 1.57 bits per heavy atom. The highest BCUT2D eigenvalue weighted by atomic mass is 32.1. The topological polar surface area (TPSA) is 66.6 Å². The maximum atomic E-state index is 11.7. The molecule has 0 aromatic carbocycles. The predicted molar refractivity (Wildman–Crippen MR) is 57.8 cm³/mol. The van der Waals surface area contributed by atoms with Crippen molar-refractivity contribution < 1.29 is 9.90 Å². The number of hydrogen-bond acceptors (Lipinski definition) is 3. The number of hydrogen-bond donors (Lipinski definition) is 2. The largest absolute Gasteiger partial charge is 0.393 e. The number of rotatable bonds is 2. The molecule has 1 rings (SSSR count). The van der Waals surface area contributed by atoms with Gasteiger partial charge in [-0.05, 0) is 19.8 Å². The Labute approximate surface area is 89.1 Å². The molecule has 1 amide bonds. The van der Waals surface area contributed by atoms with Crippen LogP contribution in [-0.2, 0) is 4.79 Å². The van der Waals surface area contributed by atoms with E-state index in [1.807, 2.05) is 0 Å². The highest BCUT2D eigenvalue weighted by molar-refractivity contribution is 7.80. The third kappa shape index (κ3) is 2.65. The number of aliphatic hydroxyl groups excluding tert-OH is 1. The number of aliphatic hydroxyl groups is 1. The number of carbonyl (C=O) groups excluding carboxylic acids is 1. The maximum Gasteiger partial charge on any atom is 0.232 e. The Morgan fingerprint density at radius 3 is 2.50 bits per heavy atom. The van der Waals surface area contributed by atoms with Crippen molar-refractivity contribution in [1.82, 2.24) is 4.90 Å². The van der Waals surface area contributed by atoms with E-state index in [-0.39, 0.29) is 22.9 Å². The molecule has 1 aliphatic rings. The second-order valence-electron chi connectivity index (χ2n) is 3.68. The van der Waals surface area contributed by atoms with Crippen molar-refractivity contribution >= 4 is 23.1 Å². The molecule has 1 fully saturated rings. The molecule has 0 saturated carbocycles. The SMILES string of the molecule is CC(C(=O)N1CCC(O)CC1)C(N)=S. The number of amides is 1. The molecule has 0 radical (unpaired) electrons. The zero-order valence-electron chi connectivity index (χ0n) is 8.27. The Morgan fingerprint density at radius 2 is 2.07 bits per heavy atom. The van der Waals surface area contributed by atoms with Crippen LogP contribution >= 0.6 is 12.2 Å². The summed E-state index contributed by atoms with van der Waals surface area (Å²) in [6.45, 7) is 2.93. The molecule has 5 heteroatoms. The van der Waals surface area contributed by atoms with E-state index in [0.29, 0.717) is 25.9 Å². The van der Waals surface area contributed by atoms with E-state index in [9.17, 15) is 9.90 Å².